The quantitative estimate of drug-likeness (QED) is 0.547. The maximum absolute atomic E-state index is 13.2. The molecule has 0 fully saturated rings. The Hall–Kier alpha value is -2.21. The molecule has 0 spiro atoms. The fourth-order valence-corrected chi connectivity index (χ4v) is 4.78. The lowest BCUT2D eigenvalue weighted by molar-refractivity contribution is 0.0964. The first-order chi connectivity index (χ1) is 12.1. The van der Waals surface area contributed by atoms with Gasteiger partial charge >= 0.3 is 0 Å². The van der Waals surface area contributed by atoms with E-state index < -0.39 is 21.6 Å². The van der Waals surface area contributed by atoms with Crippen molar-refractivity contribution in [2.75, 3.05) is 19.0 Å². The summed E-state index contributed by atoms with van der Waals surface area (Å²) in [5.74, 6) is -0.808. The van der Waals surface area contributed by atoms with E-state index in [9.17, 15) is 17.6 Å². The Morgan fingerprint density at radius 2 is 1.92 bits per heavy atom. The lowest BCUT2D eigenvalue weighted by Crippen LogP contribution is -2.18. The van der Waals surface area contributed by atoms with E-state index in [0.29, 0.717) is 5.56 Å². The van der Waals surface area contributed by atoms with E-state index in [1.165, 1.54) is 31.3 Å². The van der Waals surface area contributed by atoms with Crippen LogP contribution in [0.3, 0.4) is 0 Å². The summed E-state index contributed by atoms with van der Waals surface area (Å²) >= 11 is 1.77. The van der Waals surface area contributed by atoms with Crippen LogP contribution in [0, 0.1) is 9.39 Å². The first kappa shape index (κ1) is 18.6. The number of hydrogen-bond donors (Lipinski definition) is 2. The van der Waals surface area contributed by atoms with Crippen molar-refractivity contribution in [1.29, 1.82) is 0 Å². The number of carbonyl (C=O) groups is 1. The minimum atomic E-state index is -3.66. The summed E-state index contributed by atoms with van der Waals surface area (Å²) in [6, 6.07) is 5.33. The number of benzene rings is 1. The number of nitrogens with one attached hydrogen (secondary N) is 1. The molecular formula is C16H13FIN3O4S. The second kappa shape index (κ2) is 6.50. The number of amides is 1. The molecule has 26 heavy (non-hydrogen) atoms. The molecule has 0 saturated heterocycles. The molecule has 2 aromatic heterocycles. The zero-order chi connectivity index (χ0) is 19.2. The molecule has 0 aliphatic rings. The zero-order valence-corrected chi connectivity index (χ0v) is 16.6. The molecule has 3 aromatic rings. The van der Waals surface area contributed by atoms with Crippen molar-refractivity contribution in [3.05, 3.63) is 39.2 Å². The highest BCUT2D eigenvalue weighted by atomic mass is 127. The van der Waals surface area contributed by atoms with Crippen LogP contribution < -0.4 is 11.1 Å². The minimum absolute atomic E-state index is 0.0757. The number of hydrogen-bond acceptors (Lipinski definition) is 6. The zero-order valence-electron chi connectivity index (χ0n) is 13.6. The van der Waals surface area contributed by atoms with Crippen molar-refractivity contribution < 1.29 is 22.0 Å². The fourth-order valence-electron chi connectivity index (χ4n) is 2.51. The number of sulfone groups is 1. The molecule has 1 aromatic carbocycles. The van der Waals surface area contributed by atoms with Gasteiger partial charge in [-0.1, -0.05) is 0 Å². The minimum Gasteiger partial charge on any atom is -0.437 e. The van der Waals surface area contributed by atoms with Gasteiger partial charge in [0.2, 0.25) is 5.71 Å². The number of anilines is 1. The lowest BCUT2D eigenvalue weighted by atomic mass is 10.0. The summed E-state index contributed by atoms with van der Waals surface area (Å²) in [5, 5.41) is 2.47. The van der Waals surface area contributed by atoms with E-state index in [1.807, 2.05) is 0 Å². The highest BCUT2D eigenvalue weighted by Crippen LogP contribution is 2.39. The number of furan rings is 1. The number of nitrogen functional groups attached to an aromatic ring is 1. The van der Waals surface area contributed by atoms with Crippen molar-refractivity contribution in [3.63, 3.8) is 0 Å². The van der Waals surface area contributed by atoms with Crippen molar-refractivity contribution in [2.24, 2.45) is 0 Å². The van der Waals surface area contributed by atoms with Crippen LogP contribution in [0.5, 0.6) is 0 Å². The molecule has 0 bridgehead atoms. The fraction of sp³-hybridized carbons (Fsp3) is 0.125. The van der Waals surface area contributed by atoms with Crippen molar-refractivity contribution in [1.82, 2.24) is 10.3 Å². The number of nitrogens with two attached hydrogens (primary N) is 1. The van der Waals surface area contributed by atoms with Crippen LogP contribution in [0.1, 0.15) is 10.4 Å². The van der Waals surface area contributed by atoms with E-state index in [0.717, 1.165) is 6.26 Å². The van der Waals surface area contributed by atoms with Crippen LogP contribution in [0.15, 0.2) is 33.7 Å². The van der Waals surface area contributed by atoms with Crippen LogP contribution in [-0.4, -0.2) is 32.6 Å². The highest BCUT2D eigenvalue weighted by Gasteiger charge is 2.28. The third kappa shape index (κ3) is 3.03. The standard InChI is InChI=1S/C16H13FIN3O4S/c1-20-14(22)10-9-12(19)11(18)16(26(2,23)24)21-15(9)25-13(10)7-3-5-8(17)6-4-7/h3-6H,1-2H3,(H2,19,21)(H,20,22). The molecule has 0 saturated carbocycles. The molecule has 7 nitrogen and oxygen atoms in total. The summed E-state index contributed by atoms with van der Waals surface area (Å²) in [5.41, 5.74) is 6.64. The number of rotatable bonds is 3. The Balaban J connectivity index is 2.44. The first-order valence-corrected chi connectivity index (χ1v) is 10.2. The van der Waals surface area contributed by atoms with Crippen molar-refractivity contribution in [3.8, 4) is 11.3 Å². The van der Waals surface area contributed by atoms with Crippen LogP contribution >= 0.6 is 22.6 Å². The van der Waals surface area contributed by atoms with Crippen LogP contribution in [0.2, 0.25) is 0 Å². The Morgan fingerprint density at radius 3 is 2.46 bits per heavy atom. The molecule has 0 unspecified atom stereocenters. The molecule has 0 atom stereocenters. The SMILES string of the molecule is CNC(=O)c1c(-c2ccc(F)cc2)oc2nc(S(C)(=O)=O)c(I)c(N)c12. The van der Waals surface area contributed by atoms with Crippen molar-refractivity contribution >= 4 is 55.1 Å². The summed E-state index contributed by atoms with van der Waals surface area (Å²) in [6.45, 7) is 0. The monoisotopic (exact) mass is 489 g/mol. The molecule has 3 N–H and O–H groups in total. The topological polar surface area (TPSA) is 115 Å². The van der Waals surface area contributed by atoms with Crippen LogP contribution in [-0.2, 0) is 9.84 Å². The van der Waals surface area contributed by atoms with Gasteiger partial charge in [-0.05, 0) is 46.9 Å². The number of carbonyl (C=O) groups excluding carboxylic acids is 1. The molecule has 0 aliphatic carbocycles. The number of pyridine rings is 1. The number of fused-ring (bicyclic) bond motifs is 1. The highest BCUT2D eigenvalue weighted by molar-refractivity contribution is 14.1. The van der Waals surface area contributed by atoms with Crippen LogP contribution in [0.4, 0.5) is 10.1 Å². The maximum Gasteiger partial charge on any atom is 0.255 e. The number of aromatic nitrogens is 1. The predicted molar refractivity (Wildman–Crippen MR) is 103 cm³/mol. The number of nitrogens with zero attached hydrogens (tertiary/aromatic N) is 1. The van der Waals surface area contributed by atoms with Gasteiger partial charge in [0.05, 0.1) is 20.2 Å². The van der Waals surface area contributed by atoms with Gasteiger partial charge in [-0.2, -0.15) is 4.98 Å². The number of halogens is 2. The molecule has 0 radical (unpaired) electrons. The van der Waals surface area contributed by atoms with Crippen LogP contribution in [0.25, 0.3) is 22.4 Å². The van der Waals surface area contributed by atoms with E-state index in [-0.39, 0.29) is 36.7 Å². The van der Waals surface area contributed by atoms with Gasteiger partial charge in [0.1, 0.15) is 11.6 Å². The Bertz CT molecular complexity index is 1140. The predicted octanol–water partition coefficient (Wildman–Crippen LogP) is 2.58. The van der Waals surface area contributed by atoms with E-state index in [4.69, 9.17) is 10.2 Å². The molecule has 1 amide bonds. The summed E-state index contributed by atoms with van der Waals surface area (Å²) in [4.78, 5) is 16.5. The largest absolute Gasteiger partial charge is 0.437 e. The second-order valence-electron chi connectivity index (χ2n) is 5.49. The van der Waals surface area contributed by atoms with Crippen molar-refractivity contribution in [2.45, 2.75) is 5.03 Å². The Kier molecular flexibility index (Phi) is 4.65. The van der Waals surface area contributed by atoms with E-state index >= 15 is 0 Å². The lowest BCUT2D eigenvalue weighted by Gasteiger charge is -2.06. The van der Waals surface area contributed by atoms with Gasteiger partial charge in [-0.3, -0.25) is 4.79 Å². The molecule has 2 heterocycles. The molecule has 3 rings (SSSR count). The van der Waals surface area contributed by atoms with Gasteiger partial charge in [0.25, 0.3) is 5.91 Å². The van der Waals surface area contributed by atoms with Gasteiger partial charge in [0, 0.05) is 18.9 Å². The Labute approximate surface area is 161 Å². The first-order valence-electron chi connectivity index (χ1n) is 7.24. The molecular weight excluding hydrogens is 476 g/mol. The van der Waals surface area contributed by atoms with Gasteiger partial charge in [-0.15, -0.1) is 0 Å². The normalized spacial score (nSPS) is 11.7. The average Bonchev–Trinajstić information content (AvgIpc) is 2.96. The third-order valence-corrected chi connectivity index (χ3v) is 6.15. The molecule has 10 heteroatoms. The smallest absolute Gasteiger partial charge is 0.255 e. The maximum atomic E-state index is 13.2. The second-order valence-corrected chi connectivity index (χ2v) is 8.50. The van der Waals surface area contributed by atoms with E-state index in [1.54, 1.807) is 22.6 Å². The molecule has 0 aliphatic heterocycles. The third-order valence-electron chi connectivity index (χ3n) is 3.70. The summed E-state index contributed by atoms with van der Waals surface area (Å²) in [7, 11) is -2.22. The summed E-state index contributed by atoms with van der Waals surface area (Å²) in [6.07, 6.45) is 1.01. The van der Waals surface area contributed by atoms with E-state index in [2.05, 4.69) is 10.3 Å². The van der Waals surface area contributed by atoms with Gasteiger partial charge < -0.3 is 15.5 Å². The average molecular weight is 489 g/mol. The summed E-state index contributed by atoms with van der Waals surface area (Å²) < 4.78 is 43.0. The van der Waals surface area contributed by atoms with Gasteiger partial charge in [0.15, 0.2) is 14.9 Å². The molecule has 136 valence electrons. The Morgan fingerprint density at radius 1 is 1.31 bits per heavy atom. The van der Waals surface area contributed by atoms with Gasteiger partial charge in [-0.25, -0.2) is 12.8 Å².